The lowest BCUT2D eigenvalue weighted by Crippen LogP contribution is -2.54. The second-order valence-electron chi connectivity index (χ2n) is 10.8. The predicted octanol–water partition coefficient (Wildman–Crippen LogP) is 6.01. The number of hydrogen-bond acceptors (Lipinski definition) is 7. The van der Waals surface area contributed by atoms with Crippen LogP contribution in [0.5, 0.6) is 5.75 Å². The largest absolute Gasteiger partial charge is 0.493 e. The van der Waals surface area contributed by atoms with Crippen LogP contribution in [0.1, 0.15) is 37.5 Å². The van der Waals surface area contributed by atoms with Crippen molar-refractivity contribution in [3.05, 3.63) is 92.4 Å². The quantitative estimate of drug-likeness (QED) is 0.280. The van der Waals surface area contributed by atoms with Gasteiger partial charge in [-0.2, -0.15) is 4.31 Å². The summed E-state index contributed by atoms with van der Waals surface area (Å²) in [5, 5.41) is 7.19. The van der Waals surface area contributed by atoms with E-state index in [2.05, 4.69) is 10.6 Å². The fourth-order valence-electron chi connectivity index (χ4n) is 5.89. The van der Waals surface area contributed by atoms with Gasteiger partial charge >= 0.3 is 0 Å². The van der Waals surface area contributed by atoms with Crippen LogP contribution in [0.25, 0.3) is 0 Å². The first-order valence-corrected chi connectivity index (χ1v) is 16.6. The zero-order chi connectivity index (χ0) is 31.2. The van der Waals surface area contributed by atoms with Gasteiger partial charge in [0.1, 0.15) is 10.6 Å². The number of nitrogens with zero attached hydrogens (tertiary/aromatic N) is 1. The highest BCUT2D eigenvalue weighted by atomic mass is 35.5. The lowest BCUT2D eigenvalue weighted by atomic mass is 9.72. The number of sulfonamides is 1. The van der Waals surface area contributed by atoms with Crippen molar-refractivity contribution in [3.63, 3.8) is 0 Å². The highest BCUT2D eigenvalue weighted by molar-refractivity contribution is 7.89. The Morgan fingerprint density at radius 3 is 1.84 bits per heavy atom. The van der Waals surface area contributed by atoms with Crippen LogP contribution in [-0.4, -0.2) is 50.9 Å². The van der Waals surface area contributed by atoms with Crippen LogP contribution in [0.4, 0.5) is 0 Å². The minimum Gasteiger partial charge on any atom is -0.493 e. The van der Waals surface area contributed by atoms with Crippen molar-refractivity contribution in [2.45, 2.75) is 42.4 Å². The number of morpholine rings is 1. The molecule has 2 fully saturated rings. The molecule has 0 bridgehead atoms. The Balaban J connectivity index is 1.77. The van der Waals surface area contributed by atoms with E-state index >= 15 is 0 Å². The van der Waals surface area contributed by atoms with Crippen LogP contribution in [0, 0.1) is 0 Å². The summed E-state index contributed by atoms with van der Waals surface area (Å²) in [5.41, 5.74) is -2.15. The fraction of sp³-hybridized carbons (Fsp3) is 0.367. The van der Waals surface area contributed by atoms with Gasteiger partial charge in [0.2, 0.25) is 10.0 Å². The van der Waals surface area contributed by atoms with Crippen LogP contribution in [0.15, 0.2) is 65.6 Å². The number of carbonyl (C=O) groups is 1. The molecule has 1 unspecified atom stereocenters. The normalized spacial score (nSPS) is 26.4. The van der Waals surface area contributed by atoms with Gasteiger partial charge in [-0.1, -0.05) is 59.1 Å². The first-order chi connectivity index (χ1) is 20.3. The van der Waals surface area contributed by atoms with E-state index in [1.54, 1.807) is 31.2 Å². The van der Waals surface area contributed by atoms with E-state index in [4.69, 9.17) is 55.9 Å². The van der Waals surface area contributed by atoms with E-state index < -0.39 is 32.0 Å². The van der Waals surface area contributed by atoms with E-state index in [-0.39, 0.29) is 54.1 Å². The van der Waals surface area contributed by atoms with Crippen molar-refractivity contribution < 1.29 is 22.7 Å². The highest BCUT2D eigenvalue weighted by Crippen LogP contribution is 2.52. The first kappa shape index (κ1) is 32.5. The molecule has 2 saturated heterocycles. The van der Waals surface area contributed by atoms with Gasteiger partial charge in [-0.25, -0.2) is 8.42 Å². The Kier molecular flexibility index (Phi) is 9.15. The Morgan fingerprint density at radius 1 is 0.907 bits per heavy atom. The average Bonchev–Trinajstić information content (AvgIpc) is 3.23. The summed E-state index contributed by atoms with van der Waals surface area (Å²) in [6, 6.07) is 17.3. The number of hydrogen-bond donors (Lipinski definition) is 2. The number of nitrogens with one attached hydrogen (secondary N) is 2. The van der Waals surface area contributed by atoms with E-state index in [9.17, 15) is 13.2 Å². The molecule has 43 heavy (non-hydrogen) atoms. The highest BCUT2D eigenvalue weighted by Gasteiger charge is 2.63. The summed E-state index contributed by atoms with van der Waals surface area (Å²) >= 11 is 25.6. The summed E-state index contributed by atoms with van der Waals surface area (Å²) < 4.78 is 40.3. The molecule has 0 amide bonds. The van der Waals surface area contributed by atoms with Crippen molar-refractivity contribution >= 4 is 61.7 Å². The predicted molar refractivity (Wildman–Crippen MR) is 169 cm³/mol. The molecule has 5 rings (SSSR count). The number of benzene rings is 3. The molecule has 3 aromatic rings. The van der Waals surface area contributed by atoms with Gasteiger partial charge in [0.15, 0.2) is 5.66 Å². The Bertz CT molecular complexity index is 1570. The fourth-order valence-corrected chi connectivity index (χ4v) is 8.26. The van der Waals surface area contributed by atoms with Gasteiger partial charge in [-0.3, -0.25) is 15.4 Å². The number of carbonyl (C=O) groups excluding carboxylic acids is 1. The maximum atomic E-state index is 13.8. The lowest BCUT2D eigenvalue weighted by Gasteiger charge is -2.41. The van der Waals surface area contributed by atoms with E-state index in [0.717, 1.165) is 11.1 Å². The van der Waals surface area contributed by atoms with Crippen LogP contribution < -0.4 is 15.4 Å². The van der Waals surface area contributed by atoms with Crippen molar-refractivity contribution in [2.75, 3.05) is 32.9 Å². The summed E-state index contributed by atoms with van der Waals surface area (Å²) in [5.74, 6) is 0.196. The van der Waals surface area contributed by atoms with E-state index in [1.165, 1.54) is 16.4 Å². The molecule has 0 radical (unpaired) electrons. The average molecular weight is 687 g/mol. The Labute approximate surface area is 271 Å². The summed E-state index contributed by atoms with van der Waals surface area (Å²) in [6.45, 7) is 6.70. The van der Waals surface area contributed by atoms with E-state index in [1.807, 2.05) is 38.1 Å². The summed E-state index contributed by atoms with van der Waals surface area (Å²) in [7, 11) is -4.07. The summed E-state index contributed by atoms with van der Waals surface area (Å²) in [4.78, 5) is 13.6. The molecule has 2 heterocycles. The van der Waals surface area contributed by atoms with E-state index in [0.29, 0.717) is 10.0 Å². The van der Waals surface area contributed by atoms with Crippen LogP contribution >= 0.6 is 46.4 Å². The monoisotopic (exact) mass is 685 g/mol. The van der Waals surface area contributed by atoms with Crippen molar-refractivity contribution in [1.29, 1.82) is 0 Å². The molecule has 2 N–H and O–H groups in total. The standard InChI is InChI=1S/C30H31Cl4N3O5S/c1-4-42-25-18-24(33)26(43(39,40)37-13-15-41-16-14-37)17-23(25)30(27(34)38)35-28(2,19-5-9-21(31)10-6-19)29(3,36-30)20-7-11-22(32)12-8-20/h5-12,17-18,35-36H,4,13-16H2,1-3H3/t28-,29+,30?. The number of ether oxygens (including phenoxy) is 2. The number of rotatable bonds is 8. The molecule has 2 aliphatic heterocycles. The molecule has 0 saturated carbocycles. The molecule has 3 aromatic carbocycles. The van der Waals surface area contributed by atoms with Gasteiger partial charge in [-0.05, 0) is 73.8 Å². The molecule has 2 aliphatic rings. The Hall–Kier alpha value is -1.92. The molecule has 0 aliphatic carbocycles. The molecule has 230 valence electrons. The maximum Gasteiger partial charge on any atom is 0.261 e. The van der Waals surface area contributed by atoms with Gasteiger partial charge in [0, 0.05) is 34.8 Å². The third-order valence-electron chi connectivity index (χ3n) is 8.34. The van der Waals surface area contributed by atoms with Crippen LogP contribution in [0.2, 0.25) is 15.1 Å². The minimum atomic E-state index is -4.07. The van der Waals surface area contributed by atoms with Crippen LogP contribution in [0.3, 0.4) is 0 Å². The second kappa shape index (κ2) is 12.1. The van der Waals surface area contributed by atoms with Crippen molar-refractivity contribution in [3.8, 4) is 5.75 Å². The maximum absolute atomic E-state index is 13.8. The smallest absolute Gasteiger partial charge is 0.261 e. The molecule has 8 nitrogen and oxygen atoms in total. The van der Waals surface area contributed by atoms with Gasteiger partial charge < -0.3 is 9.47 Å². The molecule has 0 aromatic heterocycles. The van der Waals surface area contributed by atoms with Crippen LogP contribution in [-0.2, 0) is 36.3 Å². The molecular weight excluding hydrogens is 656 g/mol. The summed E-state index contributed by atoms with van der Waals surface area (Å²) in [6.07, 6.45) is 0. The number of halogens is 4. The molecular formula is C30H31Cl4N3O5S. The van der Waals surface area contributed by atoms with Crippen molar-refractivity contribution in [2.24, 2.45) is 0 Å². The van der Waals surface area contributed by atoms with Gasteiger partial charge in [0.25, 0.3) is 5.24 Å². The van der Waals surface area contributed by atoms with Gasteiger partial charge in [-0.15, -0.1) is 0 Å². The lowest BCUT2D eigenvalue weighted by molar-refractivity contribution is -0.118. The zero-order valence-electron chi connectivity index (χ0n) is 23.7. The minimum absolute atomic E-state index is 0.0465. The molecule has 3 atom stereocenters. The van der Waals surface area contributed by atoms with Gasteiger partial charge in [0.05, 0.1) is 35.9 Å². The topological polar surface area (TPSA) is 97.0 Å². The second-order valence-corrected chi connectivity index (χ2v) is 14.3. The van der Waals surface area contributed by atoms with Crippen molar-refractivity contribution in [1.82, 2.24) is 14.9 Å². The molecule has 13 heteroatoms. The zero-order valence-corrected chi connectivity index (χ0v) is 27.6. The Morgan fingerprint density at radius 2 is 1.40 bits per heavy atom. The third kappa shape index (κ3) is 5.58. The molecule has 0 spiro atoms. The first-order valence-electron chi connectivity index (χ1n) is 13.6. The third-order valence-corrected chi connectivity index (χ3v) is 11.5. The SMILES string of the molecule is CCOc1cc(Cl)c(S(=O)(=O)N2CCOCC2)cc1C1(C(=O)Cl)N[C@@](C)(c2ccc(Cl)cc2)[C@@](C)(c2ccc(Cl)cc2)N1.